The van der Waals surface area contributed by atoms with Crippen LogP contribution in [0.2, 0.25) is 0 Å². The normalized spacial score (nSPS) is 10.7. The molecule has 5 nitrogen and oxygen atoms in total. The summed E-state index contributed by atoms with van der Waals surface area (Å²) in [7, 11) is 1.39. The first-order valence-corrected chi connectivity index (χ1v) is 8.87. The third kappa shape index (κ3) is 3.74. The number of hydrogen-bond donors (Lipinski definition) is 0. The quantitative estimate of drug-likeness (QED) is 0.513. The molecule has 3 aromatic rings. The van der Waals surface area contributed by atoms with Crippen molar-refractivity contribution in [3.63, 3.8) is 0 Å². The third-order valence-electron chi connectivity index (χ3n) is 3.87. The van der Waals surface area contributed by atoms with Crippen LogP contribution < -0.4 is 0 Å². The van der Waals surface area contributed by atoms with Crippen LogP contribution in [0.25, 0.3) is 5.69 Å². The highest BCUT2D eigenvalue weighted by Gasteiger charge is 2.15. The predicted molar refractivity (Wildman–Crippen MR) is 98.2 cm³/mol. The molecule has 3 rings (SSSR count). The van der Waals surface area contributed by atoms with Crippen molar-refractivity contribution in [3.05, 3.63) is 71.0 Å². The highest BCUT2D eigenvalue weighted by molar-refractivity contribution is 7.98. The highest BCUT2D eigenvalue weighted by Crippen LogP contribution is 2.26. The molecule has 6 heteroatoms. The molecular formula is C19H19N3O2S. The lowest BCUT2D eigenvalue weighted by Gasteiger charge is -2.10. The fourth-order valence-electron chi connectivity index (χ4n) is 2.53. The monoisotopic (exact) mass is 353 g/mol. The Bertz CT molecular complexity index is 888. The average molecular weight is 353 g/mol. The molecule has 0 fully saturated rings. The van der Waals surface area contributed by atoms with E-state index in [0.29, 0.717) is 11.3 Å². The molecule has 2 aromatic carbocycles. The van der Waals surface area contributed by atoms with E-state index in [4.69, 9.17) is 4.74 Å². The van der Waals surface area contributed by atoms with Crippen LogP contribution in [0.1, 0.15) is 27.3 Å². The van der Waals surface area contributed by atoms with Crippen molar-refractivity contribution in [2.24, 2.45) is 0 Å². The molecule has 0 aliphatic heterocycles. The summed E-state index contributed by atoms with van der Waals surface area (Å²) in [6, 6.07) is 15.7. The number of carbonyl (C=O) groups excluding carboxylic acids is 1. The maximum Gasteiger partial charge on any atom is 0.338 e. The van der Waals surface area contributed by atoms with E-state index < -0.39 is 0 Å². The fourth-order valence-corrected chi connectivity index (χ4v) is 3.53. The van der Waals surface area contributed by atoms with E-state index in [2.05, 4.69) is 41.4 Å². The Labute approximate surface area is 151 Å². The van der Waals surface area contributed by atoms with Crippen LogP contribution in [0.15, 0.2) is 53.7 Å². The summed E-state index contributed by atoms with van der Waals surface area (Å²) in [5.74, 6) is 1.11. The van der Waals surface area contributed by atoms with E-state index >= 15 is 0 Å². The van der Waals surface area contributed by atoms with Gasteiger partial charge in [0.1, 0.15) is 5.82 Å². The number of methoxy groups -OCH3 is 1. The van der Waals surface area contributed by atoms with Crippen molar-refractivity contribution in [3.8, 4) is 5.69 Å². The van der Waals surface area contributed by atoms with Crippen LogP contribution in [0.4, 0.5) is 0 Å². The van der Waals surface area contributed by atoms with Crippen LogP contribution in [0.5, 0.6) is 0 Å². The molecule has 0 unspecified atom stereocenters. The predicted octanol–water partition coefficient (Wildman–Crippen LogP) is 3.96. The SMILES string of the molecule is COC(=O)c1ccccc1CSc1nnc(C)n1-c1ccc(C)cc1. The molecule has 1 heterocycles. The van der Waals surface area contributed by atoms with E-state index in [-0.39, 0.29) is 5.97 Å². The molecule has 0 amide bonds. The zero-order valence-electron chi connectivity index (χ0n) is 14.4. The van der Waals surface area contributed by atoms with Gasteiger partial charge in [0.15, 0.2) is 5.16 Å². The Morgan fingerprint density at radius 1 is 1.08 bits per heavy atom. The lowest BCUT2D eigenvalue weighted by atomic mass is 10.1. The topological polar surface area (TPSA) is 57.0 Å². The molecule has 0 saturated heterocycles. The summed E-state index contributed by atoms with van der Waals surface area (Å²) in [6.07, 6.45) is 0. The molecular weight excluding hydrogens is 334 g/mol. The number of aryl methyl sites for hydroxylation is 2. The van der Waals surface area contributed by atoms with Gasteiger partial charge in [-0.1, -0.05) is 47.7 Å². The summed E-state index contributed by atoms with van der Waals surface area (Å²) in [5, 5.41) is 9.28. The molecule has 0 aliphatic carbocycles. The number of carbonyl (C=O) groups is 1. The maximum absolute atomic E-state index is 11.9. The van der Waals surface area contributed by atoms with Gasteiger partial charge in [-0.2, -0.15) is 0 Å². The van der Waals surface area contributed by atoms with Gasteiger partial charge >= 0.3 is 5.97 Å². The Kier molecular flexibility index (Phi) is 5.19. The van der Waals surface area contributed by atoms with Gasteiger partial charge in [0.05, 0.1) is 12.7 Å². The number of nitrogens with zero attached hydrogens (tertiary/aromatic N) is 3. The van der Waals surface area contributed by atoms with Gasteiger partial charge in [0, 0.05) is 11.4 Å². The van der Waals surface area contributed by atoms with Crippen LogP contribution >= 0.6 is 11.8 Å². The van der Waals surface area contributed by atoms with Crippen molar-refractivity contribution in [2.45, 2.75) is 24.8 Å². The van der Waals surface area contributed by atoms with Crippen LogP contribution in [0.3, 0.4) is 0 Å². The van der Waals surface area contributed by atoms with Gasteiger partial charge in [-0.15, -0.1) is 10.2 Å². The third-order valence-corrected chi connectivity index (χ3v) is 4.84. The van der Waals surface area contributed by atoms with E-state index in [0.717, 1.165) is 22.2 Å². The standard InChI is InChI=1S/C19H19N3O2S/c1-13-8-10-16(11-9-13)22-14(2)20-21-19(22)25-12-15-6-4-5-7-17(15)18(23)24-3/h4-11H,12H2,1-3H3. The van der Waals surface area contributed by atoms with Crippen molar-refractivity contribution < 1.29 is 9.53 Å². The first kappa shape index (κ1) is 17.2. The molecule has 1 aromatic heterocycles. The van der Waals surface area contributed by atoms with Crippen LogP contribution in [0, 0.1) is 13.8 Å². The summed E-state index contributed by atoms with van der Waals surface area (Å²) in [6.45, 7) is 3.99. The summed E-state index contributed by atoms with van der Waals surface area (Å²) in [5.41, 5.74) is 3.72. The van der Waals surface area contributed by atoms with Crippen molar-refractivity contribution >= 4 is 17.7 Å². The second-order valence-electron chi connectivity index (χ2n) is 5.64. The lowest BCUT2D eigenvalue weighted by molar-refractivity contribution is 0.0600. The number of thioether (sulfide) groups is 1. The van der Waals surface area contributed by atoms with Gasteiger partial charge in [0.25, 0.3) is 0 Å². The first-order valence-electron chi connectivity index (χ1n) is 7.88. The second kappa shape index (κ2) is 7.53. The molecule has 0 saturated carbocycles. The van der Waals surface area contributed by atoms with Gasteiger partial charge in [0.2, 0.25) is 0 Å². The van der Waals surface area contributed by atoms with Gasteiger partial charge < -0.3 is 4.74 Å². The Morgan fingerprint density at radius 3 is 2.52 bits per heavy atom. The summed E-state index contributed by atoms with van der Waals surface area (Å²) >= 11 is 1.54. The molecule has 0 aliphatic rings. The first-order chi connectivity index (χ1) is 12.1. The van der Waals surface area contributed by atoms with Crippen molar-refractivity contribution in [2.75, 3.05) is 7.11 Å². The van der Waals surface area contributed by atoms with E-state index in [1.165, 1.54) is 12.7 Å². The minimum Gasteiger partial charge on any atom is -0.465 e. The van der Waals surface area contributed by atoms with Gasteiger partial charge in [-0.3, -0.25) is 4.57 Å². The largest absolute Gasteiger partial charge is 0.465 e. The van der Waals surface area contributed by atoms with Crippen LogP contribution in [-0.2, 0) is 10.5 Å². The molecule has 0 bridgehead atoms. The lowest BCUT2D eigenvalue weighted by Crippen LogP contribution is -2.05. The molecule has 0 atom stereocenters. The van der Waals surface area contributed by atoms with E-state index in [1.807, 2.05) is 29.7 Å². The minimum absolute atomic E-state index is 0.326. The number of aromatic nitrogens is 3. The number of esters is 1. The number of rotatable bonds is 5. The summed E-state index contributed by atoms with van der Waals surface area (Å²) < 4.78 is 6.87. The van der Waals surface area contributed by atoms with Gasteiger partial charge in [-0.05, 0) is 37.6 Å². The minimum atomic E-state index is -0.326. The molecule has 0 spiro atoms. The smallest absolute Gasteiger partial charge is 0.338 e. The van der Waals surface area contributed by atoms with E-state index in [9.17, 15) is 4.79 Å². The number of hydrogen-bond acceptors (Lipinski definition) is 5. The van der Waals surface area contributed by atoms with Crippen LogP contribution in [-0.4, -0.2) is 27.8 Å². The molecule has 0 radical (unpaired) electrons. The van der Waals surface area contributed by atoms with Crippen molar-refractivity contribution in [1.82, 2.24) is 14.8 Å². The van der Waals surface area contributed by atoms with Crippen molar-refractivity contribution in [1.29, 1.82) is 0 Å². The summed E-state index contributed by atoms with van der Waals surface area (Å²) in [4.78, 5) is 11.9. The van der Waals surface area contributed by atoms with E-state index in [1.54, 1.807) is 17.8 Å². The molecule has 25 heavy (non-hydrogen) atoms. The average Bonchev–Trinajstić information content (AvgIpc) is 3.01. The number of benzene rings is 2. The zero-order chi connectivity index (χ0) is 17.8. The highest BCUT2D eigenvalue weighted by atomic mass is 32.2. The fraction of sp³-hybridized carbons (Fsp3) is 0.211. The Balaban J connectivity index is 1.86. The maximum atomic E-state index is 11.9. The Morgan fingerprint density at radius 2 is 1.80 bits per heavy atom. The molecule has 128 valence electrons. The molecule has 0 N–H and O–H groups in total. The van der Waals surface area contributed by atoms with Gasteiger partial charge in [-0.25, -0.2) is 4.79 Å². The number of ether oxygens (including phenoxy) is 1. The zero-order valence-corrected chi connectivity index (χ0v) is 15.2. The Hall–Kier alpha value is -2.60. The second-order valence-corrected chi connectivity index (χ2v) is 6.58.